The second kappa shape index (κ2) is 12.9. The number of likely N-dealkylation sites (tertiary alicyclic amines) is 1. The van der Waals surface area contributed by atoms with E-state index >= 15 is 0 Å². The molecule has 37 heavy (non-hydrogen) atoms. The smallest absolute Gasteiger partial charge is 0.410 e. The lowest BCUT2D eigenvalue weighted by Crippen LogP contribution is -2.41. The van der Waals surface area contributed by atoms with E-state index < -0.39 is 28.9 Å². The minimum atomic E-state index is -0.544. The largest absolute Gasteiger partial charge is 0.444 e. The average Bonchev–Trinajstić information content (AvgIpc) is 2.78. The van der Waals surface area contributed by atoms with Crippen molar-refractivity contribution in [2.75, 3.05) is 26.2 Å². The number of hydrogen-bond acceptors (Lipinski definition) is 3. The molecule has 0 unspecified atom stereocenters. The van der Waals surface area contributed by atoms with E-state index in [1.165, 1.54) is 24.3 Å². The number of piperidine rings is 2. The third-order valence-corrected chi connectivity index (χ3v) is 7.31. The molecule has 0 spiro atoms. The molecule has 0 aromatic heterocycles. The van der Waals surface area contributed by atoms with E-state index in [1.807, 2.05) is 20.8 Å². The quantitative estimate of drug-likeness (QED) is 0.334. The summed E-state index contributed by atoms with van der Waals surface area (Å²) in [6.07, 6.45) is 2.27. The van der Waals surface area contributed by atoms with Crippen molar-refractivity contribution in [2.24, 2.45) is 0 Å². The zero-order valence-corrected chi connectivity index (χ0v) is 24.3. The molecule has 2 fully saturated rings. The van der Waals surface area contributed by atoms with Crippen LogP contribution in [0.1, 0.15) is 69.4 Å². The molecule has 10 heteroatoms. The Labute approximate surface area is 232 Å². The standard InChI is InChI=1S/C16H20BrF2NO2.C11H12BrF2N/c1-16(2,3)22-15(21)20-6-4-10(5-7-20)14-12(18)8-11(17)9-13(14)19;12-8-5-9(13)11(10(14)6-8)7-1-3-15-4-2-7/h8-10H,4-7H2,1-3H3;5-7,15H,1-4H2. The Morgan fingerprint density at radius 2 is 1.19 bits per heavy atom. The molecule has 4 rings (SSSR count). The molecule has 0 radical (unpaired) electrons. The highest BCUT2D eigenvalue weighted by molar-refractivity contribution is 9.10. The van der Waals surface area contributed by atoms with Gasteiger partial charge in [0, 0.05) is 33.2 Å². The van der Waals surface area contributed by atoms with Crippen molar-refractivity contribution in [2.45, 2.75) is 63.9 Å². The molecule has 2 aliphatic rings. The van der Waals surface area contributed by atoms with Crippen LogP contribution in [0, 0.1) is 23.3 Å². The summed E-state index contributed by atoms with van der Waals surface area (Å²) >= 11 is 6.16. The zero-order valence-electron chi connectivity index (χ0n) is 21.2. The van der Waals surface area contributed by atoms with Gasteiger partial charge >= 0.3 is 6.09 Å². The predicted molar refractivity (Wildman–Crippen MR) is 143 cm³/mol. The second-order valence-electron chi connectivity index (χ2n) is 10.3. The Kier molecular flexibility index (Phi) is 10.5. The maximum Gasteiger partial charge on any atom is 0.410 e. The Morgan fingerprint density at radius 3 is 1.57 bits per heavy atom. The highest BCUT2D eigenvalue weighted by atomic mass is 79.9. The Morgan fingerprint density at radius 1 is 0.811 bits per heavy atom. The summed E-state index contributed by atoms with van der Waals surface area (Å²) in [5, 5.41) is 3.18. The first-order valence-corrected chi connectivity index (χ1v) is 13.9. The summed E-state index contributed by atoms with van der Waals surface area (Å²) in [6, 6.07) is 5.22. The lowest BCUT2D eigenvalue weighted by molar-refractivity contribution is 0.0204. The van der Waals surface area contributed by atoms with Crippen LogP contribution < -0.4 is 5.32 Å². The van der Waals surface area contributed by atoms with Crippen LogP contribution in [0.25, 0.3) is 0 Å². The molecule has 0 saturated carbocycles. The first-order chi connectivity index (χ1) is 17.4. The van der Waals surface area contributed by atoms with Crippen LogP contribution >= 0.6 is 31.9 Å². The molecule has 2 aromatic rings. The van der Waals surface area contributed by atoms with Gasteiger partial charge in [0.05, 0.1) is 0 Å². The van der Waals surface area contributed by atoms with E-state index in [9.17, 15) is 22.4 Å². The van der Waals surface area contributed by atoms with E-state index in [-0.39, 0.29) is 29.1 Å². The number of ether oxygens (including phenoxy) is 1. The van der Waals surface area contributed by atoms with Gasteiger partial charge in [-0.15, -0.1) is 0 Å². The van der Waals surface area contributed by atoms with Crippen LogP contribution in [0.4, 0.5) is 22.4 Å². The molecule has 4 nitrogen and oxygen atoms in total. The van der Waals surface area contributed by atoms with E-state index in [1.54, 1.807) is 4.90 Å². The highest BCUT2D eigenvalue weighted by Crippen LogP contribution is 2.34. The molecule has 2 aliphatic heterocycles. The minimum absolute atomic E-state index is 0.0133. The first-order valence-electron chi connectivity index (χ1n) is 12.3. The molecular formula is C27H32Br2F4N2O2. The van der Waals surface area contributed by atoms with Gasteiger partial charge in [-0.25, -0.2) is 22.4 Å². The van der Waals surface area contributed by atoms with Crippen molar-refractivity contribution in [3.8, 4) is 0 Å². The van der Waals surface area contributed by atoms with Gasteiger partial charge in [-0.1, -0.05) is 31.9 Å². The summed E-state index contributed by atoms with van der Waals surface area (Å²) < 4.78 is 61.4. The number of benzene rings is 2. The van der Waals surface area contributed by atoms with Gasteiger partial charge in [0.1, 0.15) is 28.9 Å². The second-order valence-corrected chi connectivity index (χ2v) is 12.2. The first kappa shape index (κ1) is 29.9. The van der Waals surface area contributed by atoms with E-state index in [0.717, 1.165) is 25.9 Å². The normalized spacial score (nSPS) is 17.3. The Bertz CT molecular complexity index is 1050. The molecule has 2 heterocycles. The van der Waals surface area contributed by atoms with E-state index in [2.05, 4.69) is 37.2 Å². The molecule has 1 N–H and O–H groups in total. The Balaban J connectivity index is 0.000000220. The number of halogens is 6. The monoisotopic (exact) mass is 650 g/mol. The van der Waals surface area contributed by atoms with Crippen LogP contribution in [0.15, 0.2) is 33.2 Å². The topological polar surface area (TPSA) is 41.6 Å². The van der Waals surface area contributed by atoms with Crippen LogP contribution in [-0.2, 0) is 4.74 Å². The molecule has 2 aromatic carbocycles. The fourth-order valence-corrected chi connectivity index (χ4v) is 5.48. The third kappa shape index (κ3) is 8.42. The lowest BCUT2D eigenvalue weighted by atomic mass is 9.89. The maximum atomic E-state index is 14.0. The fourth-order valence-electron chi connectivity index (χ4n) is 4.67. The van der Waals surface area contributed by atoms with Gasteiger partial charge in [0.2, 0.25) is 0 Å². The number of nitrogens with one attached hydrogen (secondary N) is 1. The average molecular weight is 652 g/mol. The van der Waals surface area contributed by atoms with Gasteiger partial charge in [0.25, 0.3) is 0 Å². The van der Waals surface area contributed by atoms with Gasteiger partial charge in [-0.3, -0.25) is 0 Å². The van der Waals surface area contributed by atoms with Crippen LogP contribution in [0.3, 0.4) is 0 Å². The number of hydrogen-bond donors (Lipinski definition) is 1. The van der Waals surface area contributed by atoms with Crippen LogP contribution in [0.2, 0.25) is 0 Å². The van der Waals surface area contributed by atoms with Gasteiger partial charge in [0.15, 0.2) is 0 Å². The Hall–Kier alpha value is -1.65. The van der Waals surface area contributed by atoms with Gasteiger partial charge < -0.3 is 15.0 Å². The van der Waals surface area contributed by atoms with Crippen molar-refractivity contribution in [1.82, 2.24) is 10.2 Å². The minimum Gasteiger partial charge on any atom is -0.444 e. The summed E-state index contributed by atoms with van der Waals surface area (Å²) in [5.74, 6) is -2.15. The molecular weight excluding hydrogens is 620 g/mol. The van der Waals surface area contributed by atoms with Crippen molar-refractivity contribution in [3.63, 3.8) is 0 Å². The number of nitrogens with zero attached hydrogens (tertiary/aromatic N) is 1. The zero-order chi connectivity index (χ0) is 27.3. The SMILES string of the molecule is CC(C)(C)OC(=O)N1CCC(c2c(F)cc(Br)cc2F)CC1.Fc1cc(Br)cc(F)c1C1CCNCC1. The summed E-state index contributed by atoms with van der Waals surface area (Å²) in [6.45, 7) is 7.97. The van der Waals surface area contributed by atoms with Crippen molar-refractivity contribution in [3.05, 3.63) is 67.6 Å². The summed E-state index contributed by atoms with van der Waals surface area (Å²) in [7, 11) is 0. The molecule has 1 amide bonds. The molecule has 204 valence electrons. The van der Waals surface area contributed by atoms with Crippen molar-refractivity contribution < 1.29 is 27.1 Å². The number of rotatable bonds is 2. The fraction of sp³-hybridized carbons (Fsp3) is 0.519. The van der Waals surface area contributed by atoms with E-state index in [0.29, 0.717) is 34.9 Å². The third-order valence-electron chi connectivity index (χ3n) is 6.39. The predicted octanol–water partition coefficient (Wildman–Crippen LogP) is 8.04. The lowest BCUT2D eigenvalue weighted by Gasteiger charge is -2.33. The molecule has 0 bridgehead atoms. The number of carbonyl (C=O) groups is 1. The van der Waals surface area contributed by atoms with Crippen LogP contribution in [-0.4, -0.2) is 42.8 Å². The maximum absolute atomic E-state index is 14.0. The molecule has 0 aliphatic carbocycles. The number of carbonyl (C=O) groups excluding carboxylic acids is 1. The van der Waals surface area contributed by atoms with Crippen molar-refractivity contribution >= 4 is 38.0 Å². The van der Waals surface area contributed by atoms with E-state index in [4.69, 9.17) is 4.74 Å². The number of amides is 1. The van der Waals surface area contributed by atoms with Gasteiger partial charge in [-0.05, 0) is 95.6 Å². The van der Waals surface area contributed by atoms with Crippen molar-refractivity contribution in [1.29, 1.82) is 0 Å². The summed E-state index contributed by atoms with van der Waals surface area (Å²) in [4.78, 5) is 13.6. The highest BCUT2D eigenvalue weighted by Gasteiger charge is 2.30. The molecule has 0 atom stereocenters. The van der Waals surface area contributed by atoms with Crippen LogP contribution in [0.5, 0.6) is 0 Å². The van der Waals surface area contributed by atoms with Gasteiger partial charge in [-0.2, -0.15) is 0 Å². The molecule has 2 saturated heterocycles. The summed E-state index contributed by atoms with van der Waals surface area (Å²) in [5.41, 5.74) is -0.176.